The molecule has 0 unspecified atom stereocenters. The van der Waals surface area contributed by atoms with Crippen LogP contribution < -0.4 is 4.57 Å². The molecule has 3 rings (SSSR count). The zero-order chi connectivity index (χ0) is 15.0. The average molecular weight is 277 g/mol. The fourth-order valence-corrected chi connectivity index (χ4v) is 2.69. The van der Waals surface area contributed by atoms with Crippen LogP contribution in [0.3, 0.4) is 0 Å². The number of rotatable bonds is 2. The molecule has 2 heterocycles. The minimum Gasteiger partial charge on any atom is -0.252 e. The van der Waals surface area contributed by atoms with Gasteiger partial charge < -0.3 is 0 Å². The molecule has 0 bridgehead atoms. The Bertz CT molecular complexity index is 804. The van der Waals surface area contributed by atoms with E-state index in [1.807, 2.05) is 0 Å². The van der Waals surface area contributed by atoms with E-state index in [1.54, 1.807) is 0 Å². The van der Waals surface area contributed by atoms with Crippen molar-refractivity contribution in [1.29, 1.82) is 0 Å². The van der Waals surface area contributed by atoms with Crippen LogP contribution in [0.1, 0.15) is 31.0 Å². The summed E-state index contributed by atoms with van der Waals surface area (Å²) in [4.78, 5) is 4.82. The molecule has 0 amide bonds. The predicted octanol–water partition coefficient (Wildman–Crippen LogP) is 4.16. The molecule has 2 nitrogen and oxygen atoms in total. The van der Waals surface area contributed by atoms with E-state index < -0.39 is 0 Å². The topological polar surface area (TPSA) is 16.8 Å². The van der Waals surface area contributed by atoms with Crippen LogP contribution in [0.15, 0.2) is 48.7 Å². The van der Waals surface area contributed by atoms with Crippen molar-refractivity contribution >= 4 is 10.9 Å². The van der Waals surface area contributed by atoms with Crippen molar-refractivity contribution < 1.29 is 4.57 Å². The number of hydrogen-bond donors (Lipinski definition) is 0. The monoisotopic (exact) mass is 277 g/mol. The molecule has 0 N–H and O–H groups in total. The van der Waals surface area contributed by atoms with Crippen molar-refractivity contribution in [2.75, 3.05) is 0 Å². The number of aryl methyl sites for hydroxylation is 2. The first-order valence-corrected chi connectivity index (χ1v) is 7.42. The number of nitrogens with zero attached hydrogens (tertiary/aromatic N) is 2. The first-order chi connectivity index (χ1) is 10.1. The van der Waals surface area contributed by atoms with Gasteiger partial charge in [0.15, 0.2) is 6.20 Å². The van der Waals surface area contributed by atoms with Gasteiger partial charge in [0, 0.05) is 17.3 Å². The minimum absolute atomic E-state index is 0.449. The molecule has 0 radical (unpaired) electrons. The lowest BCUT2D eigenvalue weighted by Crippen LogP contribution is -2.30. The number of fused-ring (bicyclic) bond motifs is 1. The summed E-state index contributed by atoms with van der Waals surface area (Å²) in [5.41, 5.74) is 5.96. The van der Waals surface area contributed by atoms with Gasteiger partial charge in [0.05, 0.1) is 10.9 Å². The predicted molar refractivity (Wildman–Crippen MR) is 87.2 cm³/mol. The van der Waals surface area contributed by atoms with Gasteiger partial charge in [0.1, 0.15) is 7.05 Å². The Morgan fingerprint density at radius 2 is 1.81 bits per heavy atom. The Hall–Kier alpha value is -2.22. The Morgan fingerprint density at radius 1 is 1.05 bits per heavy atom. The molecule has 1 aromatic carbocycles. The molecular formula is C19H21N2+. The standard InChI is InChI=1S/C19H21N2/c1-13(2)17-10-9-15-12-21(4)19(11-18(15)20-17)16-8-6-5-7-14(16)3/h5-13H,1-4H3/q+1. The van der Waals surface area contributed by atoms with Crippen LogP contribution in [0.2, 0.25) is 0 Å². The third kappa shape index (κ3) is 2.54. The third-order valence-electron chi connectivity index (χ3n) is 3.98. The van der Waals surface area contributed by atoms with E-state index in [0.29, 0.717) is 5.92 Å². The van der Waals surface area contributed by atoms with Crippen LogP contribution in [0, 0.1) is 6.92 Å². The summed E-state index contributed by atoms with van der Waals surface area (Å²) in [6.07, 6.45) is 2.16. The second kappa shape index (κ2) is 5.28. The highest BCUT2D eigenvalue weighted by Gasteiger charge is 2.14. The highest BCUT2D eigenvalue weighted by molar-refractivity contribution is 5.80. The van der Waals surface area contributed by atoms with Gasteiger partial charge in [-0.05, 0) is 36.6 Å². The Kier molecular flexibility index (Phi) is 3.46. The summed E-state index contributed by atoms with van der Waals surface area (Å²) in [6.45, 7) is 6.51. The van der Waals surface area contributed by atoms with E-state index in [1.165, 1.54) is 22.2 Å². The van der Waals surface area contributed by atoms with Crippen LogP contribution in [-0.4, -0.2) is 4.98 Å². The quantitative estimate of drug-likeness (QED) is 0.643. The number of aromatic nitrogens is 2. The average Bonchev–Trinajstić information content (AvgIpc) is 2.47. The maximum Gasteiger partial charge on any atom is 0.214 e. The first-order valence-electron chi connectivity index (χ1n) is 7.42. The molecule has 0 saturated heterocycles. The summed E-state index contributed by atoms with van der Waals surface area (Å²) in [6, 6.07) is 15.0. The lowest BCUT2D eigenvalue weighted by molar-refractivity contribution is -0.659. The summed E-state index contributed by atoms with van der Waals surface area (Å²) in [5.74, 6) is 0.449. The van der Waals surface area contributed by atoms with E-state index in [2.05, 4.69) is 81.0 Å². The summed E-state index contributed by atoms with van der Waals surface area (Å²) < 4.78 is 2.18. The van der Waals surface area contributed by atoms with Gasteiger partial charge >= 0.3 is 0 Å². The molecule has 21 heavy (non-hydrogen) atoms. The summed E-state index contributed by atoms with van der Waals surface area (Å²) in [7, 11) is 2.09. The maximum atomic E-state index is 4.82. The van der Waals surface area contributed by atoms with E-state index in [4.69, 9.17) is 4.98 Å². The fourth-order valence-electron chi connectivity index (χ4n) is 2.69. The zero-order valence-electron chi connectivity index (χ0n) is 13.1. The van der Waals surface area contributed by atoms with Crippen LogP contribution in [0.25, 0.3) is 22.2 Å². The molecule has 0 aliphatic carbocycles. The van der Waals surface area contributed by atoms with E-state index in [9.17, 15) is 0 Å². The van der Waals surface area contributed by atoms with Gasteiger partial charge in [-0.2, -0.15) is 0 Å². The molecule has 2 aromatic heterocycles. The zero-order valence-corrected chi connectivity index (χ0v) is 13.1. The molecule has 0 atom stereocenters. The van der Waals surface area contributed by atoms with Crippen molar-refractivity contribution in [2.24, 2.45) is 7.05 Å². The van der Waals surface area contributed by atoms with Crippen molar-refractivity contribution in [3.05, 3.63) is 59.9 Å². The van der Waals surface area contributed by atoms with Gasteiger partial charge in [0.25, 0.3) is 0 Å². The molecule has 2 heteroatoms. The fraction of sp³-hybridized carbons (Fsp3) is 0.263. The number of pyridine rings is 2. The lowest BCUT2D eigenvalue weighted by atomic mass is 10.0. The van der Waals surface area contributed by atoms with E-state index in [0.717, 1.165) is 11.2 Å². The Balaban J connectivity index is 2.24. The Morgan fingerprint density at radius 3 is 2.52 bits per heavy atom. The van der Waals surface area contributed by atoms with Gasteiger partial charge in [-0.3, -0.25) is 4.98 Å². The maximum absolute atomic E-state index is 4.82. The molecular weight excluding hydrogens is 256 g/mol. The highest BCUT2D eigenvalue weighted by Crippen LogP contribution is 2.23. The van der Waals surface area contributed by atoms with Crippen molar-refractivity contribution in [3.8, 4) is 11.3 Å². The van der Waals surface area contributed by atoms with Gasteiger partial charge in [-0.25, -0.2) is 4.57 Å². The molecule has 0 saturated carbocycles. The van der Waals surface area contributed by atoms with Gasteiger partial charge in [-0.1, -0.05) is 32.0 Å². The van der Waals surface area contributed by atoms with Crippen molar-refractivity contribution in [2.45, 2.75) is 26.7 Å². The molecule has 0 aliphatic heterocycles. The highest BCUT2D eigenvalue weighted by atomic mass is 14.9. The first kappa shape index (κ1) is 13.7. The van der Waals surface area contributed by atoms with E-state index >= 15 is 0 Å². The van der Waals surface area contributed by atoms with Crippen LogP contribution >= 0.6 is 0 Å². The second-order valence-electron chi connectivity index (χ2n) is 5.95. The van der Waals surface area contributed by atoms with Crippen LogP contribution in [-0.2, 0) is 7.05 Å². The minimum atomic E-state index is 0.449. The smallest absolute Gasteiger partial charge is 0.214 e. The Labute approximate surface area is 126 Å². The molecule has 0 spiro atoms. The largest absolute Gasteiger partial charge is 0.252 e. The van der Waals surface area contributed by atoms with Crippen molar-refractivity contribution in [3.63, 3.8) is 0 Å². The summed E-state index contributed by atoms with van der Waals surface area (Å²) >= 11 is 0. The van der Waals surface area contributed by atoms with Crippen LogP contribution in [0.4, 0.5) is 0 Å². The third-order valence-corrected chi connectivity index (χ3v) is 3.98. The van der Waals surface area contributed by atoms with E-state index in [-0.39, 0.29) is 0 Å². The van der Waals surface area contributed by atoms with Crippen molar-refractivity contribution in [1.82, 2.24) is 4.98 Å². The SMILES string of the molecule is Cc1ccccc1-c1cc2nc(C(C)C)ccc2c[n+]1C. The molecule has 106 valence electrons. The lowest BCUT2D eigenvalue weighted by Gasteiger charge is -2.08. The molecule has 3 aromatic rings. The van der Waals surface area contributed by atoms with Crippen LogP contribution in [0.5, 0.6) is 0 Å². The number of benzene rings is 1. The summed E-state index contributed by atoms with van der Waals surface area (Å²) in [5, 5.41) is 1.18. The number of hydrogen-bond acceptors (Lipinski definition) is 1. The molecule has 0 fully saturated rings. The normalized spacial score (nSPS) is 11.3. The second-order valence-corrected chi connectivity index (χ2v) is 5.95. The van der Waals surface area contributed by atoms with Gasteiger partial charge in [0.2, 0.25) is 5.69 Å². The van der Waals surface area contributed by atoms with Gasteiger partial charge in [-0.15, -0.1) is 0 Å². The molecule has 0 aliphatic rings.